The highest BCUT2D eigenvalue weighted by Gasteiger charge is 2.65. The second kappa shape index (κ2) is 6.89. The maximum Gasteiger partial charge on any atom is 0.310 e. The normalized spacial score (nSPS) is 17.2. The molecule has 2 N–H and O–H groups in total. The third-order valence-corrected chi connectivity index (χ3v) is 6.25. The molecule has 0 saturated heterocycles. The van der Waals surface area contributed by atoms with Crippen LogP contribution in [0.4, 0.5) is 19.4 Å². The fourth-order valence-electron chi connectivity index (χ4n) is 3.36. The highest BCUT2D eigenvalue weighted by Crippen LogP contribution is 3.02. The van der Waals surface area contributed by atoms with Crippen LogP contribution in [0.25, 0.3) is 11.4 Å². The molecule has 1 amide bonds. The smallest absolute Gasteiger partial charge is 0.310 e. The number of benzene rings is 2. The van der Waals surface area contributed by atoms with E-state index in [1.54, 1.807) is 30.3 Å². The van der Waals surface area contributed by atoms with E-state index in [0.717, 1.165) is 18.2 Å². The van der Waals surface area contributed by atoms with Gasteiger partial charge in [-0.1, -0.05) is 61.9 Å². The fourth-order valence-corrected chi connectivity index (χ4v) is 4.01. The number of nitrogens with one attached hydrogen (secondary N) is 2. The lowest BCUT2D eigenvalue weighted by Crippen LogP contribution is -2.31. The van der Waals surface area contributed by atoms with E-state index in [9.17, 15) is 29.0 Å². The quantitative estimate of drug-likeness (QED) is 0.435. The summed E-state index contributed by atoms with van der Waals surface area (Å²) in [7, 11) is -9.78. The van der Waals surface area contributed by atoms with E-state index in [2.05, 4.69) is 15.3 Å². The molecule has 0 radical (unpaired) electrons. The van der Waals surface area contributed by atoms with Crippen molar-refractivity contribution in [3.8, 4) is 11.4 Å². The van der Waals surface area contributed by atoms with Crippen LogP contribution in [-0.4, -0.2) is 15.9 Å². The van der Waals surface area contributed by atoms with Crippen molar-refractivity contribution in [2.24, 2.45) is 5.92 Å². The highest BCUT2D eigenvalue weighted by molar-refractivity contribution is 8.45. The summed E-state index contributed by atoms with van der Waals surface area (Å²) < 4.78 is 64.9. The second-order valence-electron chi connectivity index (χ2n) is 7.67. The summed E-state index contributed by atoms with van der Waals surface area (Å²) in [4.78, 5) is 29.6. The van der Waals surface area contributed by atoms with Crippen LogP contribution in [-0.2, 0) is 0 Å². The molecule has 0 aliphatic heterocycles. The summed E-state index contributed by atoms with van der Waals surface area (Å²) in [5, 5.41) is 2.68. The molecule has 3 aromatic rings. The van der Waals surface area contributed by atoms with Crippen molar-refractivity contribution in [1.82, 2.24) is 15.3 Å². The summed E-state index contributed by atoms with van der Waals surface area (Å²) in [5.41, 5.74) is 0.137. The standard InChI is InChI=1S/C21H18F5N3O2S/c22-32(23,24,25,26)16-10-8-14(9-11-16)19(13-6-7-13)29-21(31)17-12-18(30)28-20(27-17)15-4-2-1-3-5-15/h1-5,8-13,19H,6-7H2,(H,29,31)(H,27,28,30). The largest absolute Gasteiger partial charge is 0.344 e. The van der Waals surface area contributed by atoms with Crippen molar-refractivity contribution in [3.05, 3.63) is 82.3 Å². The van der Waals surface area contributed by atoms with Gasteiger partial charge in [0.1, 0.15) is 16.4 Å². The Morgan fingerprint density at radius 3 is 2.19 bits per heavy atom. The molecular weight excluding hydrogens is 453 g/mol. The number of rotatable bonds is 6. The molecule has 1 aliphatic rings. The summed E-state index contributed by atoms with van der Waals surface area (Å²) in [6, 6.07) is 11.5. The topological polar surface area (TPSA) is 74.8 Å². The number of nitrogens with zero attached hydrogens (tertiary/aromatic N) is 1. The third-order valence-electron chi connectivity index (χ3n) is 5.09. The molecule has 0 bridgehead atoms. The van der Waals surface area contributed by atoms with E-state index < -0.39 is 32.6 Å². The minimum Gasteiger partial charge on any atom is -0.344 e. The molecule has 5 nitrogen and oxygen atoms in total. The zero-order valence-corrected chi connectivity index (χ0v) is 17.2. The third kappa shape index (κ3) is 4.98. The second-order valence-corrected chi connectivity index (χ2v) is 10.1. The van der Waals surface area contributed by atoms with Gasteiger partial charge in [-0.05, 0) is 36.5 Å². The zero-order chi connectivity index (χ0) is 23.2. The van der Waals surface area contributed by atoms with Gasteiger partial charge in [-0.15, -0.1) is 0 Å². The van der Waals surface area contributed by atoms with Crippen LogP contribution in [0.5, 0.6) is 0 Å². The monoisotopic (exact) mass is 471 g/mol. The highest BCUT2D eigenvalue weighted by atomic mass is 32.5. The predicted molar refractivity (Wildman–Crippen MR) is 111 cm³/mol. The Hall–Kier alpha value is -3.21. The van der Waals surface area contributed by atoms with Gasteiger partial charge in [0, 0.05) is 11.6 Å². The number of hydrogen-bond acceptors (Lipinski definition) is 3. The van der Waals surface area contributed by atoms with Crippen molar-refractivity contribution >= 4 is 16.1 Å². The van der Waals surface area contributed by atoms with Gasteiger partial charge in [-0.3, -0.25) is 9.59 Å². The number of aromatic amines is 1. The molecule has 11 heteroatoms. The molecule has 1 saturated carbocycles. The maximum atomic E-state index is 13.0. The van der Waals surface area contributed by atoms with E-state index >= 15 is 0 Å². The lowest BCUT2D eigenvalue weighted by atomic mass is 10.0. The van der Waals surface area contributed by atoms with E-state index in [1.165, 1.54) is 0 Å². The lowest BCUT2D eigenvalue weighted by molar-refractivity contribution is 0.0926. The molecule has 32 heavy (non-hydrogen) atoms. The molecule has 4 rings (SSSR count). The molecular formula is C21H18F5N3O2S. The van der Waals surface area contributed by atoms with Crippen LogP contribution in [0, 0.1) is 5.92 Å². The molecule has 170 valence electrons. The van der Waals surface area contributed by atoms with Crippen molar-refractivity contribution in [3.63, 3.8) is 0 Å². The van der Waals surface area contributed by atoms with Gasteiger partial charge in [-0.25, -0.2) is 4.98 Å². The van der Waals surface area contributed by atoms with Crippen molar-refractivity contribution in [2.45, 2.75) is 23.8 Å². The molecule has 1 aliphatic carbocycles. The Morgan fingerprint density at radius 1 is 1.00 bits per heavy atom. The first-order valence-corrected chi connectivity index (χ1v) is 11.6. The van der Waals surface area contributed by atoms with Crippen LogP contribution in [0.15, 0.2) is 70.4 Å². The number of amides is 1. The Balaban J connectivity index is 1.61. The van der Waals surface area contributed by atoms with Crippen molar-refractivity contribution in [1.29, 1.82) is 0 Å². The summed E-state index contributed by atoms with van der Waals surface area (Å²) in [6.07, 6.45) is 1.43. The van der Waals surface area contributed by atoms with Gasteiger partial charge in [-0.2, -0.15) is 0 Å². The average Bonchev–Trinajstić information content (AvgIpc) is 3.56. The first-order valence-electron chi connectivity index (χ1n) is 9.62. The summed E-state index contributed by atoms with van der Waals surface area (Å²) >= 11 is 0. The van der Waals surface area contributed by atoms with E-state index in [4.69, 9.17) is 0 Å². The molecule has 1 atom stereocenters. The van der Waals surface area contributed by atoms with Crippen molar-refractivity contribution in [2.75, 3.05) is 0 Å². The van der Waals surface area contributed by atoms with Gasteiger partial charge >= 0.3 is 10.2 Å². The van der Waals surface area contributed by atoms with Crippen LogP contribution in [0.1, 0.15) is 34.9 Å². The van der Waals surface area contributed by atoms with Crippen molar-refractivity contribution < 1.29 is 24.2 Å². The van der Waals surface area contributed by atoms with Gasteiger partial charge in [0.05, 0.1) is 6.04 Å². The number of hydrogen-bond donors (Lipinski definition) is 2. The first-order chi connectivity index (χ1) is 14.8. The van der Waals surface area contributed by atoms with Gasteiger partial charge in [0.25, 0.3) is 11.5 Å². The Kier molecular flexibility index (Phi) is 4.74. The Bertz CT molecular complexity index is 1230. The lowest BCUT2D eigenvalue weighted by Gasteiger charge is -2.40. The van der Waals surface area contributed by atoms with Gasteiger partial charge in [0.2, 0.25) is 0 Å². The number of halogens is 5. The predicted octanol–water partition coefficient (Wildman–Crippen LogP) is 5.98. The first kappa shape index (κ1) is 22.0. The minimum absolute atomic E-state index is 0.0552. The Labute approximate surface area is 179 Å². The van der Waals surface area contributed by atoms with Crippen LogP contribution >= 0.6 is 10.2 Å². The molecule has 0 spiro atoms. The van der Waals surface area contributed by atoms with E-state index in [0.29, 0.717) is 30.5 Å². The van der Waals surface area contributed by atoms with Crippen LogP contribution < -0.4 is 10.9 Å². The van der Waals surface area contributed by atoms with Gasteiger partial charge < -0.3 is 10.3 Å². The molecule has 1 aromatic heterocycles. The SMILES string of the molecule is O=C(NC(c1ccc(S(F)(F)(F)(F)F)cc1)C1CC1)c1cc(=O)[nH]c(-c2ccccc2)n1. The molecule has 2 aromatic carbocycles. The number of carbonyl (C=O) groups is 1. The summed E-state index contributed by atoms with van der Waals surface area (Å²) in [6.45, 7) is 0. The molecule has 1 unspecified atom stereocenters. The van der Waals surface area contributed by atoms with Crippen LogP contribution in [0.2, 0.25) is 0 Å². The maximum absolute atomic E-state index is 13.0. The molecule has 1 heterocycles. The Morgan fingerprint density at radius 2 is 1.62 bits per heavy atom. The van der Waals surface area contributed by atoms with Gasteiger partial charge in [0.15, 0.2) is 0 Å². The fraction of sp³-hybridized carbons (Fsp3) is 0.190. The average molecular weight is 471 g/mol. The van der Waals surface area contributed by atoms with E-state index in [-0.39, 0.29) is 23.0 Å². The number of carbonyl (C=O) groups excluding carboxylic acids is 1. The van der Waals surface area contributed by atoms with Crippen LogP contribution in [0.3, 0.4) is 0 Å². The number of H-pyrrole nitrogens is 1. The minimum atomic E-state index is -9.78. The molecule has 1 fully saturated rings. The number of aromatic nitrogens is 2. The summed E-state index contributed by atoms with van der Waals surface area (Å²) in [5.74, 6) is -0.561. The van der Waals surface area contributed by atoms with E-state index in [1.807, 2.05) is 0 Å². The zero-order valence-electron chi connectivity index (χ0n) is 16.4.